The SMILES string of the molecule is BrPc1c2ccccc2cc2c1ccc1ccccc12. The fourth-order valence-electron chi connectivity index (χ4n) is 2.92. The molecule has 20 heavy (non-hydrogen) atoms. The smallest absolute Gasteiger partial charge is 0.000414 e. The van der Waals surface area contributed by atoms with Crippen LogP contribution in [-0.4, -0.2) is 0 Å². The summed E-state index contributed by atoms with van der Waals surface area (Å²) in [5.74, 6) is 0. The number of fused-ring (bicyclic) bond motifs is 4. The Morgan fingerprint density at radius 1 is 0.600 bits per heavy atom. The predicted molar refractivity (Wildman–Crippen MR) is 95.8 cm³/mol. The molecule has 4 rings (SSSR count). The summed E-state index contributed by atoms with van der Waals surface area (Å²) in [5, 5.41) is 9.43. The lowest BCUT2D eigenvalue weighted by Crippen LogP contribution is -1.98. The van der Waals surface area contributed by atoms with Crippen LogP contribution in [0.1, 0.15) is 0 Å². The number of hydrogen-bond donors (Lipinski definition) is 0. The molecule has 0 bridgehead atoms. The molecule has 4 aromatic carbocycles. The summed E-state index contributed by atoms with van der Waals surface area (Å²) in [6, 6.07) is 24.1. The largest absolute Gasteiger partial charge is 0.0616 e. The van der Waals surface area contributed by atoms with E-state index in [1.807, 2.05) is 0 Å². The van der Waals surface area contributed by atoms with Gasteiger partial charge < -0.3 is 0 Å². The lowest BCUT2D eigenvalue weighted by molar-refractivity contribution is 1.79. The maximum Gasteiger partial charge on any atom is -0.000414 e. The fraction of sp³-hybridized carbons (Fsp3) is 0. The molecule has 96 valence electrons. The Bertz CT molecular complexity index is 944. The molecule has 0 saturated carbocycles. The molecule has 0 N–H and O–H groups in total. The molecule has 2 heteroatoms. The molecule has 1 unspecified atom stereocenters. The molecule has 0 heterocycles. The van der Waals surface area contributed by atoms with Gasteiger partial charge in [0, 0.05) is 0 Å². The van der Waals surface area contributed by atoms with Crippen LogP contribution in [0, 0.1) is 0 Å². The molecule has 1 atom stereocenters. The molecule has 0 aliphatic rings. The van der Waals surface area contributed by atoms with Crippen LogP contribution in [0.5, 0.6) is 0 Å². The van der Waals surface area contributed by atoms with Crippen LogP contribution in [0.2, 0.25) is 0 Å². The van der Waals surface area contributed by atoms with Gasteiger partial charge >= 0.3 is 0 Å². The van der Waals surface area contributed by atoms with Gasteiger partial charge in [0.05, 0.1) is 0 Å². The molecule has 0 saturated heterocycles. The molecular weight excluding hydrogens is 327 g/mol. The molecule has 0 aliphatic carbocycles. The van der Waals surface area contributed by atoms with E-state index in [9.17, 15) is 0 Å². The highest BCUT2D eigenvalue weighted by molar-refractivity contribution is 9.37. The summed E-state index contributed by atoms with van der Waals surface area (Å²) in [6.45, 7) is 0. The molecule has 0 aliphatic heterocycles. The molecule has 0 aromatic heterocycles. The van der Waals surface area contributed by atoms with Gasteiger partial charge in [-0.1, -0.05) is 76.2 Å². The Hall–Kier alpha value is -1.43. The van der Waals surface area contributed by atoms with Gasteiger partial charge in [0.2, 0.25) is 0 Å². The second kappa shape index (κ2) is 4.84. The zero-order valence-corrected chi connectivity index (χ0v) is 13.3. The van der Waals surface area contributed by atoms with Gasteiger partial charge in [-0.05, 0) is 51.0 Å². The van der Waals surface area contributed by atoms with Crippen LogP contribution in [0.15, 0.2) is 66.7 Å². The van der Waals surface area contributed by atoms with Crippen LogP contribution < -0.4 is 5.30 Å². The second-order valence-corrected chi connectivity index (χ2v) is 6.83. The van der Waals surface area contributed by atoms with Gasteiger partial charge in [0.25, 0.3) is 0 Å². The minimum absolute atomic E-state index is 0.621. The normalized spacial score (nSPS) is 12.1. The lowest BCUT2D eigenvalue weighted by atomic mass is 9.98. The average molecular weight is 339 g/mol. The molecule has 0 amide bonds. The van der Waals surface area contributed by atoms with Crippen molar-refractivity contribution in [3.05, 3.63) is 66.7 Å². The van der Waals surface area contributed by atoms with Crippen molar-refractivity contribution in [3.63, 3.8) is 0 Å². The minimum atomic E-state index is 0.621. The number of rotatable bonds is 1. The first-order valence-electron chi connectivity index (χ1n) is 6.58. The van der Waals surface area contributed by atoms with Gasteiger partial charge in [-0.25, -0.2) is 0 Å². The highest BCUT2D eigenvalue weighted by atomic mass is 79.9. The van der Waals surface area contributed by atoms with E-state index < -0.39 is 0 Å². The van der Waals surface area contributed by atoms with E-state index in [0.29, 0.717) is 7.28 Å². The summed E-state index contributed by atoms with van der Waals surface area (Å²) in [6.07, 6.45) is 0. The van der Waals surface area contributed by atoms with E-state index in [1.165, 1.54) is 37.6 Å². The lowest BCUT2D eigenvalue weighted by Gasteiger charge is -2.11. The van der Waals surface area contributed by atoms with Gasteiger partial charge in [0.15, 0.2) is 0 Å². The molecule has 0 fully saturated rings. The fourth-order valence-corrected chi connectivity index (χ4v) is 4.85. The highest BCUT2D eigenvalue weighted by Gasteiger charge is 2.08. The first-order valence-corrected chi connectivity index (χ1v) is 9.84. The molecule has 0 nitrogen and oxygen atoms in total. The molecular formula is C18H12BrP. The Balaban J connectivity index is 2.30. The maximum absolute atomic E-state index is 3.69. The number of benzene rings is 4. The Labute approximate surface area is 127 Å². The van der Waals surface area contributed by atoms with Crippen molar-refractivity contribution in [2.24, 2.45) is 0 Å². The van der Waals surface area contributed by atoms with Crippen LogP contribution in [0.4, 0.5) is 0 Å². The molecule has 0 spiro atoms. The van der Waals surface area contributed by atoms with Crippen LogP contribution in [-0.2, 0) is 0 Å². The Kier molecular flexibility index (Phi) is 2.98. The van der Waals surface area contributed by atoms with E-state index >= 15 is 0 Å². The minimum Gasteiger partial charge on any atom is -0.0616 e. The second-order valence-electron chi connectivity index (χ2n) is 4.95. The molecule has 0 radical (unpaired) electrons. The standard InChI is InChI=1S/C18H12BrP/c19-20-18-15-8-4-2-6-13(15)11-17-14-7-3-1-5-12(14)9-10-16(17)18/h1-11,20H. The third kappa shape index (κ3) is 1.78. The first kappa shape index (κ1) is 12.3. The van der Waals surface area contributed by atoms with Crippen molar-refractivity contribution in [2.75, 3.05) is 0 Å². The van der Waals surface area contributed by atoms with E-state index in [0.717, 1.165) is 0 Å². The van der Waals surface area contributed by atoms with Crippen molar-refractivity contribution in [2.45, 2.75) is 0 Å². The number of hydrogen-bond acceptors (Lipinski definition) is 0. The van der Waals surface area contributed by atoms with Gasteiger partial charge in [0.1, 0.15) is 0 Å². The Morgan fingerprint density at radius 3 is 2.10 bits per heavy atom. The zero-order chi connectivity index (χ0) is 13.5. The van der Waals surface area contributed by atoms with Gasteiger partial charge in [-0.2, -0.15) is 0 Å². The maximum atomic E-state index is 3.69. The van der Waals surface area contributed by atoms with Crippen molar-refractivity contribution in [1.29, 1.82) is 0 Å². The summed E-state index contributed by atoms with van der Waals surface area (Å²) < 4.78 is 0. The average Bonchev–Trinajstić information content (AvgIpc) is 2.52. The van der Waals surface area contributed by atoms with Gasteiger partial charge in [-0.15, -0.1) is 0 Å². The zero-order valence-electron chi connectivity index (χ0n) is 10.7. The number of halogens is 1. The van der Waals surface area contributed by atoms with Crippen LogP contribution in [0.3, 0.4) is 0 Å². The third-order valence-corrected chi connectivity index (χ3v) is 5.78. The van der Waals surface area contributed by atoms with Crippen molar-refractivity contribution in [1.82, 2.24) is 0 Å². The van der Waals surface area contributed by atoms with Crippen molar-refractivity contribution < 1.29 is 0 Å². The molecule has 4 aromatic rings. The van der Waals surface area contributed by atoms with Crippen LogP contribution in [0.25, 0.3) is 32.3 Å². The van der Waals surface area contributed by atoms with Gasteiger partial charge in [-0.3, -0.25) is 0 Å². The highest BCUT2D eigenvalue weighted by Crippen LogP contribution is 2.34. The third-order valence-electron chi connectivity index (χ3n) is 3.86. The first-order chi connectivity index (χ1) is 9.88. The predicted octanol–water partition coefficient (Wildman–Crippen LogP) is 5.76. The van der Waals surface area contributed by atoms with Crippen molar-refractivity contribution >= 4 is 60.4 Å². The summed E-state index contributed by atoms with van der Waals surface area (Å²) in [5.41, 5.74) is 0. The summed E-state index contributed by atoms with van der Waals surface area (Å²) >= 11 is 3.69. The summed E-state index contributed by atoms with van der Waals surface area (Å²) in [7, 11) is 0.621. The summed E-state index contributed by atoms with van der Waals surface area (Å²) in [4.78, 5) is 0. The van der Waals surface area contributed by atoms with E-state index in [-0.39, 0.29) is 0 Å². The topological polar surface area (TPSA) is 0 Å². The monoisotopic (exact) mass is 338 g/mol. The van der Waals surface area contributed by atoms with E-state index in [2.05, 4.69) is 82.2 Å². The Morgan fingerprint density at radius 2 is 1.30 bits per heavy atom. The van der Waals surface area contributed by atoms with E-state index in [1.54, 1.807) is 0 Å². The van der Waals surface area contributed by atoms with Crippen LogP contribution >= 0.6 is 22.8 Å². The quantitative estimate of drug-likeness (QED) is 0.235. The van der Waals surface area contributed by atoms with Crippen molar-refractivity contribution in [3.8, 4) is 0 Å². The van der Waals surface area contributed by atoms with E-state index in [4.69, 9.17) is 0 Å².